The predicted molar refractivity (Wildman–Crippen MR) is 186 cm³/mol. The average molecular weight is 709 g/mol. The third kappa shape index (κ3) is 11.3. The third-order valence-corrected chi connectivity index (χ3v) is 9.06. The van der Waals surface area contributed by atoms with Crippen LogP contribution in [-0.2, 0) is 30.4 Å². The van der Waals surface area contributed by atoms with Gasteiger partial charge >= 0.3 is 0 Å². The van der Waals surface area contributed by atoms with Crippen molar-refractivity contribution in [2.45, 2.75) is 89.8 Å². The van der Waals surface area contributed by atoms with Gasteiger partial charge in [0.25, 0.3) is 11.8 Å². The standard InChI is InChI=1S/C37H49FN6O7/c1-24(2)17-29-36(49)44-22-27(45)20-31(44)37(50)43(3)30(18-25-11-10-14-39-21-25)35(48)41-16-9-7-5-4-6-8-15-40-33(46)23-51-32-19-26(38)12-13-28(32)34(47)42-29/h10-14,19,21,24,29-31H,4-9,15-18,20,22-23H2,1-3H3,(H,40,46)(H,41,48)(H,42,47)/t29-,30+,31-/m1/s1. The second-order valence-electron chi connectivity index (χ2n) is 13.6. The summed E-state index contributed by atoms with van der Waals surface area (Å²) in [6, 6.07) is 3.53. The van der Waals surface area contributed by atoms with Crippen LogP contribution < -0.4 is 20.7 Å². The summed E-state index contributed by atoms with van der Waals surface area (Å²) >= 11 is 0. The summed E-state index contributed by atoms with van der Waals surface area (Å²) in [7, 11) is 1.49. The van der Waals surface area contributed by atoms with Gasteiger partial charge in [-0.3, -0.25) is 33.8 Å². The van der Waals surface area contributed by atoms with Crippen LogP contribution in [0.4, 0.5) is 4.39 Å². The molecule has 0 aliphatic carbocycles. The van der Waals surface area contributed by atoms with Crippen LogP contribution in [-0.4, -0.2) is 102 Å². The fourth-order valence-corrected chi connectivity index (χ4v) is 6.32. The lowest BCUT2D eigenvalue weighted by Crippen LogP contribution is -2.57. The molecule has 2 aliphatic rings. The Morgan fingerprint density at radius 1 is 0.941 bits per heavy atom. The average Bonchev–Trinajstić information content (AvgIpc) is 3.50. The number of nitrogens with one attached hydrogen (secondary N) is 3. The van der Waals surface area contributed by atoms with E-state index in [1.807, 2.05) is 19.9 Å². The van der Waals surface area contributed by atoms with Gasteiger partial charge < -0.3 is 30.5 Å². The molecule has 0 radical (unpaired) electrons. The van der Waals surface area contributed by atoms with Crippen molar-refractivity contribution in [3.8, 4) is 5.75 Å². The molecule has 14 heteroatoms. The van der Waals surface area contributed by atoms with E-state index in [9.17, 15) is 33.2 Å². The van der Waals surface area contributed by atoms with E-state index in [1.165, 1.54) is 22.9 Å². The summed E-state index contributed by atoms with van der Waals surface area (Å²) < 4.78 is 19.8. The lowest BCUT2D eigenvalue weighted by Gasteiger charge is -2.34. The van der Waals surface area contributed by atoms with Crippen molar-refractivity contribution in [1.29, 1.82) is 0 Å². The van der Waals surface area contributed by atoms with Gasteiger partial charge in [0.2, 0.25) is 17.7 Å². The van der Waals surface area contributed by atoms with Crippen LogP contribution in [0.5, 0.6) is 5.75 Å². The van der Waals surface area contributed by atoms with E-state index in [0.717, 1.165) is 56.2 Å². The van der Waals surface area contributed by atoms with Crippen LogP contribution in [0.15, 0.2) is 42.7 Å². The van der Waals surface area contributed by atoms with Crippen molar-refractivity contribution in [3.05, 3.63) is 59.7 Å². The molecule has 0 bridgehead atoms. The Bertz CT molecular complexity index is 1560. The van der Waals surface area contributed by atoms with Crippen molar-refractivity contribution in [3.63, 3.8) is 0 Å². The minimum atomic E-state index is -1.19. The Kier molecular flexibility index (Phi) is 14.4. The summed E-state index contributed by atoms with van der Waals surface area (Å²) in [4.78, 5) is 87.4. The smallest absolute Gasteiger partial charge is 0.257 e. The molecule has 1 aromatic carbocycles. The summed E-state index contributed by atoms with van der Waals surface area (Å²) in [5.74, 6) is -4.05. The number of carbonyl (C=O) groups is 6. The highest BCUT2D eigenvalue weighted by atomic mass is 19.1. The largest absolute Gasteiger partial charge is 0.483 e. The molecule has 1 aromatic heterocycles. The fourth-order valence-electron chi connectivity index (χ4n) is 6.32. The van der Waals surface area contributed by atoms with Crippen molar-refractivity contribution < 1.29 is 37.9 Å². The first-order chi connectivity index (χ1) is 24.4. The molecule has 0 spiro atoms. The number of rotatable bonds is 4. The van der Waals surface area contributed by atoms with E-state index in [2.05, 4.69) is 20.9 Å². The third-order valence-electron chi connectivity index (χ3n) is 9.06. The van der Waals surface area contributed by atoms with Gasteiger partial charge in [-0.15, -0.1) is 0 Å². The van der Waals surface area contributed by atoms with Crippen LogP contribution in [0.25, 0.3) is 0 Å². The quantitative estimate of drug-likeness (QED) is 0.436. The zero-order valence-corrected chi connectivity index (χ0v) is 29.6. The lowest BCUT2D eigenvalue weighted by atomic mass is 10.0. The molecule has 3 atom stereocenters. The monoisotopic (exact) mass is 708 g/mol. The first-order valence-corrected chi connectivity index (χ1v) is 17.7. The molecule has 0 saturated carbocycles. The number of likely N-dealkylation sites (N-methyl/N-ethyl adjacent to an activating group) is 1. The number of nitrogens with zero attached hydrogens (tertiary/aromatic N) is 3. The number of ketones is 1. The topological polar surface area (TPSA) is 167 Å². The van der Waals surface area contributed by atoms with Crippen molar-refractivity contribution in [2.24, 2.45) is 5.92 Å². The molecule has 2 aromatic rings. The number of ether oxygens (including phenoxy) is 1. The number of halogens is 1. The first kappa shape index (κ1) is 38.9. The van der Waals surface area contributed by atoms with Crippen molar-refractivity contribution in [1.82, 2.24) is 30.7 Å². The van der Waals surface area contributed by atoms with Gasteiger partial charge in [0.1, 0.15) is 29.7 Å². The maximum Gasteiger partial charge on any atom is 0.257 e. The van der Waals surface area contributed by atoms with Crippen molar-refractivity contribution in [2.75, 3.05) is 33.3 Å². The number of hydrogen-bond acceptors (Lipinski definition) is 8. The summed E-state index contributed by atoms with van der Waals surface area (Å²) in [5, 5.41) is 8.43. The zero-order chi connectivity index (χ0) is 36.9. The number of pyridine rings is 1. The predicted octanol–water partition coefficient (Wildman–Crippen LogP) is 2.57. The molecule has 4 rings (SSSR count). The van der Waals surface area contributed by atoms with E-state index in [0.29, 0.717) is 13.1 Å². The van der Waals surface area contributed by atoms with Gasteiger partial charge in [-0.25, -0.2) is 4.39 Å². The number of aromatic nitrogens is 1. The molecule has 5 amide bonds. The van der Waals surface area contributed by atoms with E-state index in [4.69, 9.17) is 4.74 Å². The number of fused-ring (bicyclic) bond motifs is 2. The van der Waals surface area contributed by atoms with E-state index >= 15 is 0 Å². The minimum Gasteiger partial charge on any atom is -0.483 e. The van der Waals surface area contributed by atoms with Crippen LogP contribution >= 0.6 is 0 Å². The molecule has 51 heavy (non-hydrogen) atoms. The Morgan fingerprint density at radius 3 is 2.33 bits per heavy atom. The summed E-state index contributed by atoms with van der Waals surface area (Å²) in [6.07, 6.45) is 8.46. The highest BCUT2D eigenvalue weighted by molar-refractivity contribution is 6.03. The van der Waals surface area contributed by atoms with Crippen LogP contribution in [0.2, 0.25) is 0 Å². The molecule has 1 saturated heterocycles. The molecule has 3 heterocycles. The molecule has 0 unspecified atom stereocenters. The highest BCUT2D eigenvalue weighted by Crippen LogP contribution is 2.24. The van der Waals surface area contributed by atoms with Crippen molar-refractivity contribution >= 4 is 35.3 Å². The van der Waals surface area contributed by atoms with E-state index < -0.39 is 54.2 Å². The second-order valence-corrected chi connectivity index (χ2v) is 13.6. The first-order valence-electron chi connectivity index (χ1n) is 17.7. The van der Waals surface area contributed by atoms with Gasteiger partial charge in [-0.2, -0.15) is 0 Å². The van der Waals surface area contributed by atoms with Crippen LogP contribution in [0.3, 0.4) is 0 Å². The molecule has 2 aliphatic heterocycles. The van der Waals surface area contributed by atoms with Gasteiger partial charge in [-0.1, -0.05) is 45.6 Å². The second kappa shape index (κ2) is 18.9. The number of carbonyl (C=O) groups excluding carboxylic acids is 6. The van der Waals surface area contributed by atoms with Crippen LogP contribution in [0.1, 0.15) is 81.1 Å². The SMILES string of the molecule is CC(C)C[C@H]1NC(=O)c2ccc(F)cc2OCC(=O)NCCCCCCCCNC(=O)[C@H](Cc2cccnc2)N(C)C(=O)[C@H]2CC(=O)CN2C1=O. The Labute approximate surface area is 298 Å². The minimum absolute atomic E-state index is 0.0920. The van der Waals surface area contributed by atoms with Gasteiger partial charge in [0.05, 0.1) is 12.1 Å². The molecular weight excluding hydrogens is 659 g/mol. The van der Waals surface area contributed by atoms with Gasteiger partial charge in [-0.05, 0) is 48.9 Å². The lowest BCUT2D eigenvalue weighted by molar-refractivity contribution is -0.147. The number of amides is 5. The molecule has 1 fully saturated rings. The van der Waals surface area contributed by atoms with E-state index in [-0.39, 0.29) is 54.7 Å². The summed E-state index contributed by atoms with van der Waals surface area (Å²) in [6.45, 7) is 3.76. The molecule has 13 nitrogen and oxygen atoms in total. The van der Waals surface area contributed by atoms with Gasteiger partial charge in [0, 0.05) is 51.4 Å². The van der Waals surface area contributed by atoms with E-state index in [1.54, 1.807) is 18.5 Å². The maximum absolute atomic E-state index is 14.3. The zero-order valence-electron chi connectivity index (χ0n) is 29.6. The molecule has 3 N–H and O–H groups in total. The number of benzene rings is 1. The Hall–Kier alpha value is -4.88. The Balaban J connectivity index is 1.63. The fraction of sp³-hybridized carbons (Fsp3) is 0.541. The van der Waals surface area contributed by atoms with Gasteiger partial charge in [0.15, 0.2) is 12.4 Å². The maximum atomic E-state index is 14.3. The highest BCUT2D eigenvalue weighted by Gasteiger charge is 2.44. The molecular formula is C37H49FN6O7. The molecule has 276 valence electrons. The normalized spacial score (nSPS) is 22.6. The number of hydrogen-bond donors (Lipinski definition) is 3. The summed E-state index contributed by atoms with van der Waals surface area (Å²) in [5.41, 5.74) is 0.641. The number of Topliss-reactive ketones (excluding diaryl/α,β-unsaturated/α-hetero) is 1. The van der Waals surface area contributed by atoms with Crippen LogP contribution in [0, 0.1) is 11.7 Å². The Morgan fingerprint density at radius 2 is 1.65 bits per heavy atom.